The van der Waals surface area contributed by atoms with E-state index in [4.69, 9.17) is 9.47 Å². The van der Waals surface area contributed by atoms with E-state index in [0.29, 0.717) is 0 Å². The minimum absolute atomic E-state index is 0.0112. The zero-order valence-corrected chi connectivity index (χ0v) is 21.5. The fraction of sp³-hybridized carbons (Fsp3) is 0.458. The van der Waals surface area contributed by atoms with Gasteiger partial charge in [0.2, 0.25) is 5.91 Å². The number of amides is 3. The molecule has 1 aromatic carbocycles. The molecule has 0 spiro atoms. The number of anilines is 2. The number of cyclic esters (lactones) is 1. The highest BCUT2D eigenvalue weighted by atomic mass is 32.1. The predicted molar refractivity (Wildman–Crippen MR) is 133 cm³/mol. The van der Waals surface area contributed by atoms with Crippen LogP contribution in [0.5, 0.6) is 0 Å². The number of nitrogens with one attached hydrogen (secondary N) is 1. The van der Waals surface area contributed by atoms with E-state index >= 15 is 8.78 Å². The van der Waals surface area contributed by atoms with E-state index in [1.54, 1.807) is 12.3 Å². The zero-order chi connectivity index (χ0) is 27.2. The minimum Gasteiger partial charge on any atom is -0.466 e. The smallest absolute Gasteiger partial charge is 0.414 e. The third-order valence-corrected chi connectivity index (χ3v) is 6.76. The summed E-state index contributed by atoms with van der Waals surface area (Å²) in [5, 5.41) is 4.09. The van der Waals surface area contributed by atoms with Crippen molar-refractivity contribution in [2.24, 2.45) is 0 Å². The molecular weight excluding hydrogens is 524 g/mol. The van der Waals surface area contributed by atoms with Crippen LogP contribution in [0, 0.1) is 11.6 Å². The fourth-order valence-corrected chi connectivity index (χ4v) is 4.80. The highest BCUT2D eigenvalue weighted by Gasteiger charge is 2.34. The molecular formula is C24H27F2N5O6S. The average Bonchev–Trinajstić information content (AvgIpc) is 3.56. The van der Waals surface area contributed by atoms with Crippen molar-refractivity contribution in [3.05, 3.63) is 40.4 Å². The van der Waals surface area contributed by atoms with E-state index < -0.39 is 35.7 Å². The second-order valence-electron chi connectivity index (χ2n) is 8.64. The van der Waals surface area contributed by atoms with E-state index in [2.05, 4.69) is 10.3 Å². The first kappa shape index (κ1) is 27.2. The molecule has 1 atom stereocenters. The van der Waals surface area contributed by atoms with Gasteiger partial charge in [0.25, 0.3) is 5.91 Å². The molecule has 2 aliphatic heterocycles. The summed E-state index contributed by atoms with van der Waals surface area (Å²) in [6, 6.07) is 2.14. The molecule has 3 amide bonds. The van der Waals surface area contributed by atoms with Gasteiger partial charge in [0.15, 0.2) is 11.6 Å². The first-order valence-corrected chi connectivity index (χ1v) is 13.0. The number of hydrogen-bond donors (Lipinski definition) is 1. The number of halogens is 2. The van der Waals surface area contributed by atoms with Crippen LogP contribution in [0.2, 0.25) is 0 Å². The molecule has 2 aliphatic rings. The fourth-order valence-electron chi connectivity index (χ4n) is 4.27. The van der Waals surface area contributed by atoms with Gasteiger partial charge in [0.05, 0.1) is 30.9 Å². The molecule has 2 aromatic rings. The Balaban J connectivity index is 1.31. The molecule has 11 nitrogen and oxygen atoms in total. The molecule has 204 valence electrons. The van der Waals surface area contributed by atoms with Crippen molar-refractivity contribution in [3.63, 3.8) is 0 Å². The summed E-state index contributed by atoms with van der Waals surface area (Å²) < 4.78 is 40.2. The lowest BCUT2D eigenvalue weighted by molar-refractivity contribution is -0.143. The number of nitrogens with zero attached hydrogens (tertiary/aromatic N) is 4. The number of carbonyl (C=O) groups is 4. The van der Waals surface area contributed by atoms with Gasteiger partial charge >= 0.3 is 12.1 Å². The molecule has 4 rings (SSSR count). The number of piperazine rings is 1. The van der Waals surface area contributed by atoms with Crippen molar-refractivity contribution < 1.29 is 37.4 Å². The number of thiazole rings is 1. The van der Waals surface area contributed by atoms with E-state index in [1.165, 1.54) is 26.6 Å². The topological polar surface area (TPSA) is 121 Å². The van der Waals surface area contributed by atoms with Crippen molar-refractivity contribution in [2.45, 2.75) is 25.9 Å². The molecule has 14 heteroatoms. The van der Waals surface area contributed by atoms with Crippen LogP contribution in [0.3, 0.4) is 0 Å². The van der Waals surface area contributed by atoms with Crippen molar-refractivity contribution in [1.29, 1.82) is 0 Å². The Hall–Kier alpha value is -3.81. The molecule has 2 saturated heterocycles. The Bertz CT molecular complexity index is 1170. The number of esters is 1. The van der Waals surface area contributed by atoms with E-state index in [0.717, 1.165) is 17.0 Å². The second kappa shape index (κ2) is 12.2. The standard InChI is InChI=1S/C24H27F2N5O6S/c1-2-36-21(33)4-3-16-12-31(24(35)37-16)15-9-17(25)22(18(26)10-15)30-7-5-29(6-8-30)20(32)11-27-23(34)19-13-38-14-28-19/h9-10,13-14,16H,2-8,11-12H2,1H3,(H,27,34)/t16-/m0/s1. The third-order valence-electron chi connectivity index (χ3n) is 6.18. The molecule has 0 unspecified atom stereocenters. The molecule has 3 heterocycles. The van der Waals surface area contributed by atoms with Gasteiger partial charge in [-0.15, -0.1) is 11.3 Å². The quantitative estimate of drug-likeness (QED) is 0.471. The lowest BCUT2D eigenvalue weighted by Crippen LogP contribution is -2.51. The van der Waals surface area contributed by atoms with Crippen LogP contribution in [-0.2, 0) is 19.1 Å². The van der Waals surface area contributed by atoms with E-state index in [-0.39, 0.29) is 81.7 Å². The zero-order valence-electron chi connectivity index (χ0n) is 20.7. The van der Waals surface area contributed by atoms with E-state index in [9.17, 15) is 19.2 Å². The molecule has 0 bridgehead atoms. The highest BCUT2D eigenvalue weighted by molar-refractivity contribution is 7.07. The summed E-state index contributed by atoms with van der Waals surface area (Å²) in [5.41, 5.74) is 1.51. The maximum Gasteiger partial charge on any atom is 0.414 e. The molecule has 1 N–H and O–H groups in total. The van der Waals surface area contributed by atoms with Gasteiger partial charge in [-0.3, -0.25) is 19.3 Å². The first-order valence-electron chi connectivity index (χ1n) is 12.1. The minimum atomic E-state index is -0.849. The molecule has 0 saturated carbocycles. The summed E-state index contributed by atoms with van der Waals surface area (Å²) in [4.78, 5) is 56.3. The summed E-state index contributed by atoms with van der Waals surface area (Å²) in [7, 11) is 0. The molecule has 2 fully saturated rings. The van der Waals surface area contributed by atoms with Gasteiger partial charge in [-0.2, -0.15) is 0 Å². The van der Waals surface area contributed by atoms with Crippen molar-refractivity contribution in [1.82, 2.24) is 15.2 Å². The summed E-state index contributed by atoms with van der Waals surface area (Å²) in [5.74, 6) is -2.87. The van der Waals surface area contributed by atoms with Crippen molar-refractivity contribution in [3.8, 4) is 0 Å². The van der Waals surface area contributed by atoms with Gasteiger partial charge in [-0.25, -0.2) is 18.6 Å². The van der Waals surface area contributed by atoms with Crippen LogP contribution >= 0.6 is 11.3 Å². The van der Waals surface area contributed by atoms with Gasteiger partial charge in [-0.1, -0.05) is 0 Å². The highest BCUT2D eigenvalue weighted by Crippen LogP contribution is 2.32. The lowest BCUT2D eigenvalue weighted by atomic mass is 10.1. The summed E-state index contributed by atoms with van der Waals surface area (Å²) >= 11 is 1.27. The molecule has 0 radical (unpaired) electrons. The summed E-state index contributed by atoms with van der Waals surface area (Å²) in [6.07, 6.45) is -1.05. The van der Waals surface area contributed by atoms with Crippen LogP contribution in [0.25, 0.3) is 0 Å². The normalized spacial score (nSPS) is 17.4. The Labute approximate surface area is 221 Å². The maximum atomic E-state index is 15.1. The van der Waals surface area contributed by atoms with Gasteiger partial charge in [-0.05, 0) is 13.3 Å². The van der Waals surface area contributed by atoms with Crippen LogP contribution in [0.15, 0.2) is 23.0 Å². The van der Waals surface area contributed by atoms with Crippen LogP contribution in [0.4, 0.5) is 25.0 Å². The van der Waals surface area contributed by atoms with Crippen molar-refractivity contribution >= 4 is 46.6 Å². The van der Waals surface area contributed by atoms with Crippen LogP contribution < -0.4 is 15.1 Å². The Kier molecular flexibility index (Phi) is 8.71. The Morgan fingerprint density at radius 2 is 1.89 bits per heavy atom. The molecule has 1 aromatic heterocycles. The van der Waals surface area contributed by atoms with Crippen LogP contribution in [0.1, 0.15) is 30.3 Å². The Morgan fingerprint density at radius 1 is 1.18 bits per heavy atom. The lowest BCUT2D eigenvalue weighted by Gasteiger charge is -2.36. The number of hydrogen-bond acceptors (Lipinski definition) is 9. The van der Waals surface area contributed by atoms with Crippen molar-refractivity contribution in [2.75, 3.05) is 55.7 Å². The number of rotatable bonds is 9. The van der Waals surface area contributed by atoms with Gasteiger partial charge in [0.1, 0.15) is 17.5 Å². The van der Waals surface area contributed by atoms with Gasteiger partial charge < -0.3 is 24.6 Å². The SMILES string of the molecule is CCOC(=O)CC[C@H]1CN(c2cc(F)c(N3CCN(C(=O)CNC(=O)c4cscn4)CC3)c(F)c2)C(=O)O1. The van der Waals surface area contributed by atoms with Gasteiger partial charge in [0, 0.05) is 50.1 Å². The second-order valence-corrected chi connectivity index (χ2v) is 9.36. The number of ether oxygens (including phenoxy) is 2. The maximum absolute atomic E-state index is 15.1. The first-order chi connectivity index (χ1) is 18.3. The van der Waals surface area contributed by atoms with Crippen LogP contribution in [-0.4, -0.2) is 85.7 Å². The monoisotopic (exact) mass is 551 g/mol. The number of carbonyl (C=O) groups excluding carboxylic acids is 4. The number of benzene rings is 1. The predicted octanol–water partition coefficient (Wildman–Crippen LogP) is 2.17. The summed E-state index contributed by atoms with van der Waals surface area (Å²) in [6.45, 7) is 2.57. The largest absolute Gasteiger partial charge is 0.466 e. The molecule has 0 aliphatic carbocycles. The third kappa shape index (κ3) is 6.36. The van der Waals surface area contributed by atoms with E-state index in [1.807, 2.05) is 0 Å². The Morgan fingerprint density at radius 3 is 2.53 bits per heavy atom. The average molecular weight is 552 g/mol. The number of aromatic nitrogens is 1. The molecule has 38 heavy (non-hydrogen) atoms.